The summed E-state index contributed by atoms with van der Waals surface area (Å²) in [6.45, 7) is 0.410. The van der Waals surface area contributed by atoms with Crippen molar-refractivity contribution in [2.75, 3.05) is 0 Å². The molecule has 2 aromatic heterocycles. The lowest BCUT2D eigenvalue weighted by molar-refractivity contribution is 0.0988. The molecule has 4 rings (SSSR count). The molecule has 0 saturated carbocycles. The van der Waals surface area contributed by atoms with Gasteiger partial charge in [-0.05, 0) is 12.1 Å². The first-order valence-electron chi connectivity index (χ1n) is 5.97. The molecule has 2 aliphatic heterocycles. The van der Waals surface area contributed by atoms with E-state index >= 15 is 0 Å². The van der Waals surface area contributed by atoms with Gasteiger partial charge in [-0.1, -0.05) is 0 Å². The predicted octanol–water partition coefficient (Wildman–Crippen LogP) is -1.48. The van der Waals surface area contributed by atoms with Gasteiger partial charge in [-0.2, -0.15) is 9.98 Å². The molecule has 2 aliphatic rings. The molecule has 0 bridgehead atoms. The van der Waals surface area contributed by atoms with Gasteiger partial charge in [0.1, 0.15) is 5.35 Å². The van der Waals surface area contributed by atoms with Crippen LogP contribution < -0.4 is 16.4 Å². The molecule has 1 amide bonds. The Labute approximate surface area is 111 Å². The Morgan fingerprint density at radius 2 is 2.15 bits per heavy atom. The molecule has 0 aliphatic carbocycles. The largest absolute Gasteiger partial charge is 0.328 e. The second-order valence-electron chi connectivity index (χ2n) is 4.36. The number of fused-ring (bicyclic) bond motifs is 4. The van der Waals surface area contributed by atoms with Gasteiger partial charge >= 0.3 is 0 Å². The van der Waals surface area contributed by atoms with E-state index in [1.165, 1.54) is 6.20 Å². The van der Waals surface area contributed by atoms with Gasteiger partial charge in [0.15, 0.2) is 11.2 Å². The van der Waals surface area contributed by atoms with E-state index in [4.69, 9.17) is 0 Å². The maximum atomic E-state index is 12.0. The van der Waals surface area contributed by atoms with E-state index in [-0.39, 0.29) is 5.69 Å². The van der Waals surface area contributed by atoms with Gasteiger partial charge in [0.2, 0.25) is 0 Å². The van der Waals surface area contributed by atoms with Gasteiger partial charge in [0.05, 0.1) is 18.1 Å². The third-order valence-electron chi connectivity index (χ3n) is 3.24. The molecule has 2 aromatic rings. The summed E-state index contributed by atoms with van der Waals surface area (Å²) in [6.07, 6.45) is 4.69. The Morgan fingerprint density at radius 3 is 3.05 bits per heavy atom. The number of hydrogen-bond donors (Lipinski definition) is 0. The molecule has 0 radical (unpaired) electrons. The van der Waals surface area contributed by atoms with E-state index in [0.29, 0.717) is 27.9 Å². The molecule has 20 heavy (non-hydrogen) atoms. The second kappa shape index (κ2) is 3.77. The van der Waals surface area contributed by atoms with Crippen LogP contribution in [0, 0.1) is 10.6 Å². The molecule has 0 atom stereocenters. The summed E-state index contributed by atoms with van der Waals surface area (Å²) < 4.78 is 1.73. The van der Waals surface area contributed by atoms with E-state index in [1.54, 1.807) is 23.0 Å². The molecule has 0 fully saturated rings. The quantitative estimate of drug-likeness (QED) is 0.581. The molecule has 0 unspecified atom stereocenters. The molecule has 0 spiro atoms. The second-order valence-corrected chi connectivity index (χ2v) is 4.36. The maximum absolute atomic E-state index is 12.0. The monoisotopic (exact) mass is 265 g/mol. The van der Waals surface area contributed by atoms with Crippen molar-refractivity contribution in [2.24, 2.45) is 9.98 Å². The van der Waals surface area contributed by atoms with Crippen LogP contribution in [-0.2, 0) is 6.54 Å². The zero-order valence-electron chi connectivity index (χ0n) is 10.1. The number of rotatable bonds is 0. The molecule has 0 saturated heterocycles. The van der Waals surface area contributed by atoms with Crippen molar-refractivity contribution < 1.29 is 4.79 Å². The lowest BCUT2D eigenvalue weighted by Gasteiger charge is -2.12. The van der Waals surface area contributed by atoms with Gasteiger partial charge in [-0.15, -0.1) is 0 Å². The summed E-state index contributed by atoms with van der Waals surface area (Å²) in [4.78, 5) is 39.7. The summed E-state index contributed by atoms with van der Waals surface area (Å²) in [6, 6.07) is 3.56. The zero-order chi connectivity index (χ0) is 13.7. The van der Waals surface area contributed by atoms with Crippen LogP contribution in [0.1, 0.15) is 10.5 Å². The Kier molecular flexibility index (Phi) is 2.06. The number of hydrogen-bond acceptors (Lipinski definition) is 5. The highest BCUT2D eigenvalue weighted by molar-refractivity contribution is 5.93. The fraction of sp³-hybridized carbons (Fsp3) is 0.0769. The maximum Gasteiger partial charge on any atom is 0.299 e. The van der Waals surface area contributed by atoms with Crippen LogP contribution in [0.4, 0.5) is 0 Å². The highest BCUT2D eigenvalue weighted by atomic mass is 16.2. The van der Waals surface area contributed by atoms with Crippen molar-refractivity contribution in [3.63, 3.8) is 0 Å². The first kappa shape index (κ1) is 10.9. The summed E-state index contributed by atoms with van der Waals surface area (Å²) in [7, 11) is 0. The van der Waals surface area contributed by atoms with Crippen LogP contribution in [0.3, 0.4) is 0 Å². The smallest absolute Gasteiger partial charge is 0.299 e. The molecule has 0 aromatic carbocycles. The molecule has 96 valence electrons. The van der Waals surface area contributed by atoms with E-state index in [9.17, 15) is 9.59 Å². The van der Waals surface area contributed by atoms with E-state index in [1.807, 2.05) is 6.07 Å². The van der Waals surface area contributed by atoms with E-state index < -0.39 is 11.5 Å². The number of nitrogens with zero attached hydrogens (tertiary/aromatic N) is 5. The highest BCUT2D eigenvalue weighted by Crippen LogP contribution is 2.03. The van der Waals surface area contributed by atoms with Crippen LogP contribution in [0.25, 0.3) is 6.20 Å². The topological polar surface area (TPSA) is 89.6 Å². The number of aromatic nitrogens is 3. The summed E-state index contributed by atoms with van der Waals surface area (Å²) in [5, 5.41) is 1.63. The number of aliphatic imine (C=N–C) groups is 1. The minimum Gasteiger partial charge on any atom is -0.328 e. The van der Waals surface area contributed by atoms with E-state index in [0.717, 1.165) is 0 Å². The molecule has 7 heteroatoms. The van der Waals surface area contributed by atoms with Gasteiger partial charge in [-0.25, -0.2) is 4.98 Å². The zero-order valence-corrected chi connectivity index (χ0v) is 10.1. The Balaban J connectivity index is 2.44. The van der Waals surface area contributed by atoms with Crippen molar-refractivity contribution in [1.29, 1.82) is 0 Å². The predicted molar refractivity (Wildman–Crippen MR) is 68.5 cm³/mol. The fourth-order valence-corrected chi connectivity index (χ4v) is 2.38. The lowest BCUT2D eigenvalue weighted by atomic mass is 10.2. The third kappa shape index (κ3) is 1.34. The Morgan fingerprint density at radius 1 is 1.25 bits per heavy atom. The van der Waals surface area contributed by atoms with Crippen molar-refractivity contribution in [3.8, 4) is 0 Å². The first-order valence-corrected chi connectivity index (χ1v) is 5.97. The van der Waals surface area contributed by atoms with Crippen LogP contribution in [0.15, 0.2) is 33.1 Å². The van der Waals surface area contributed by atoms with Crippen molar-refractivity contribution in [1.82, 2.24) is 14.5 Å². The van der Waals surface area contributed by atoms with Gasteiger partial charge in [0, 0.05) is 17.6 Å². The molecular weight excluding hydrogens is 258 g/mol. The van der Waals surface area contributed by atoms with Crippen LogP contribution in [0.5, 0.6) is 0 Å². The molecule has 7 nitrogen and oxygen atoms in total. The number of pyridine rings is 1. The molecule has 0 N–H and O–H groups in total. The standard InChI is InChI=1S/C13H7N5O2/c19-12-8-6-14-4-5-18(8)10-7-2-1-3-15-11(7)17-13(20)9(10)16-12/h1-4,6H,5H2. The van der Waals surface area contributed by atoms with Crippen molar-refractivity contribution in [3.05, 3.63) is 55.8 Å². The summed E-state index contributed by atoms with van der Waals surface area (Å²) in [5.74, 6) is -0.541. The number of carbonyl (C=O) groups excluding carboxylic acids is 1. The van der Waals surface area contributed by atoms with Crippen LogP contribution in [-0.4, -0.2) is 26.7 Å². The van der Waals surface area contributed by atoms with E-state index in [2.05, 4.69) is 20.0 Å². The van der Waals surface area contributed by atoms with Gasteiger partial charge < -0.3 is 4.57 Å². The summed E-state index contributed by atoms with van der Waals surface area (Å²) >= 11 is 0. The highest BCUT2D eigenvalue weighted by Gasteiger charge is 2.19. The first-order chi connectivity index (χ1) is 9.75. The van der Waals surface area contributed by atoms with Gasteiger partial charge in [0.25, 0.3) is 11.5 Å². The van der Waals surface area contributed by atoms with Crippen LogP contribution in [0.2, 0.25) is 0 Å². The average Bonchev–Trinajstić information content (AvgIpc) is 2.48. The lowest BCUT2D eigenvalue weighted by Crippen LogP contribution is -2.42. The fourth-order valence-electron chi connectivity index (χ4n) is 2.38. The minimum atomic E-state index is -0.541. The average molecular weight is 265 g/mol. The Hall–Kier alpha value is -2.96. The Bertz CT molecular complexity index is 1070. The van der Waals surface area contributed by atoms with Crippen molar-refractivity contribution in [2.45, 2.75) is 6.54 Å². The van der Waals surface area contributed by atoms with Gasteiger partial charge in [-0.3, -0.25) is 14.6 Å². The molecule has 4 heterocycles. The summed E-state index contributed by atoms with van der Waals surface area (Å²) in [5.41, 5.74) is -0.0536. The SMILES string of the molecule is O=C1N=c2ncccc2=c2c1nc(=O)c1n2CC=NC=1. The number of carbonyl (C=O) groups is 1. The molecular formula is C13H7N5O2. The van der Waals surface area contributed by atoms with Crippen LogP contribution >= 0.6 is 0 Å². The van der Waals surface area contributed by atoms with Crippen molar-refractivity contribution >= 4 is 18.3 Å². The minimum absolute atomic E-state index is 0.0722. The number of amides is 1. The third-order valence-corrected chi connectivity index (χ3v) is 3.24. The normalized spacial score (nSPS) is 14.7.